The first-order chi connectivity index (χ1) is 16.5. The number of amides is 2. The number of nitrogen functional groups attached to an aromatic ring is 1. The molecule has 0 spiro atoms. The number of carbonyl (C=O) groups is 2. The van der Waals surface area contributed by atoms with Crippen LogP contribution in [0.4, 0.5) is 27.1 Å². The average Bonchev–Trinajstić information content (AvgIpc) is 3.65. The Bertz CT molecular complexity index is 1200. The first-order valence-electron chi connectivity index (χ1n) is 11.3. The van der Waals surface area contributed by atoms with E-state index in [1.807, 2.05) is 42.5 Å². The molecule has 1 heterocycles. The fraction of sp³-hybridized carbons (Fsp3) is 0.231. The van der Waals surface area contributed by atoms with Gasteiger partial charge in [0, 0.05) is 25.1 Å². The quantitative estimate of drug-likeness (QED) is 0.307. The summed E-state index contributed by atoms with van der Waals surface area (Å²) in [7, 11) is 0. The van der Waals surface area contributed by atoms with Gasteiger partial charge in [-0.15, -0.1) is 0 Å². The van der Waals surface area contributed by atoms with Gasteiger partial charge in [0.1, 0.15) is 5.82 Å². The highest BCUT2D eigenvalue weighted by molar-refractivity contribution is 5.99. The summed E-state index contributed by atoms with van der Waals surface area (Å²) in [6.45, 7) is 0. The van der Waals surface area contributed by atoms with Crippen LogP contribution in [-0.4, -0.2) is 17.9 Å². The number of nitrogens with one attached hydrogen (secondary N) is 3. The molecule has 1 saturated heterocycles. The molecule has 1 saturated carbocycles. The van der Waals surface area contributed by atoms with Crippen molar-refractivity contribution in [2.75, 3.05) is 15.6 Å². The predicted octanol–water partition coefficient (Wildman–Crippen LogP) is 4.47. The molecular formula is C26H28FN5O2. The third-order valence-corrected chi connectivity index (χ3v) is 6.30. The van der Waals surface area contributed by atoms with Crippen molar-refractivity contribution in [1.29, 1.82) is 0 Å². The van der Waals surface area contributed by atoms with Gasteiger partial charge in [-0.05, 0) is 60.9 Å². The van der Waals surface area contributed by atoms with E-state index in [4.69, 9.17) is 5.84 Å². The summed E-state index contributed by atoms with van der Waals surface area (Å²) in [6, 6.07) is 20.5. The van der Waals surface area contributed by atoms with Crippen LogP contribution in [0, 0.1) is 11.7 Å². The molecule has 0 unspecified atom stereocenters. The molecule has 5 N–H and O–H groups in total. The number of anilines is 4. The Labute approximate surface area is 198 Å². The van der Waals surface area contributed by atoms with Gasteiger partial charge in [0.25, 0.3) is 0 Å². The second kappa shape index (κ2) is 9.15. The average molecular weight is 462 g/mol. The van der Waals surface area contributed by atoms with E-state index in [0.717, 1.165) is 18.4 Å². The van der Waals surface area contributed by atoms with E-state index in [9.17, 15) is 14.0 Å². The van der Waals surface area contributed by atoms with E-state index in [0.29, 0.717) is 22.7 Å². The molecular weight excluding hydrogens is 433 g/mol. The van der Waals surface area contributed by atoms with Gasteiger partial charge in [-0.3, -0.25) is 15.4 Å². The van der Waals surface area contributed by atoms with E-state index >= 15 is 0 Å². The van der Waals surface area contributed by atoms with Crippen LogP contribution in [-0.2, 0) is 9.59 Å². The number of benzene rings is 3. The molecule has 2 fully saturated rings. The summed E-state index contributed by atoms with van der Waals surface area (Å²) in [5.74, 6) is 5.49. The molecule has 0 radical (unpaired) electrons. The third-order valence-electron chi connectivity index (χ3n) is 6.30. The van der Waals surface area contributed by atoms with Crippen molar-refractivity contribution in [2.45, 2.75) is 31.3 Å². The molecule has 0 aromatic heterocycles. The lowest BCUT2D eigenvalue weighted by Gasteiger charge is -2.30. The maximum absolute atomic E-state index is 13.2. The molecule has 3 aromatic carbocycles. The molecule has 176 valence electrons. The van der Waals surface area contributed by atoms with Gasteiger partial charge in [0.2, 0.25) is 11.8 Å². The molecule has 2 amide bonds. The normalized spacial score (nSPS) is 19.7. The SMILES string of the molecule is NNc1cc(N2C(=O)C[C@H](NC(=O)C3CC3)[C@H]2c2ccccc2)ccc1Nc1ccc(F)cc1.[HH]. The highest BCUT2D eigenvalue weighted by Gasteiger charge is 2.44. The van der Waals surface area contributed by atoms with Crippen LogP contribution < -0.4 is 26.8 Å². The first kappa shape index (κ1) is 21.9. The molecule has 1 aliphatic heterocycles. The lowest BCUT2D eigenvalue weighted by atomic mass is 9.99. The number of nitrogens with zero attached hydrogens (tertiary/aromatic N) is 1. The Kier molecular flexibility index (Phi) is 5.90. The zero-order valence-electron chi connectivity index (χ0n) is 18.5. The summed E-state index contributed by atoms with van der Waals surface area (Å²) < 4.78 is 13.2. The highest BCUT2D eigenvalue weighted by Crippen LogP contribution is 2.40. The molecule has 2 aliphatic rings. The molecule has 2 atom stereocenters. The Balaban J connectivity index is 0.00000289. The molecule has 8 heteroatoms. The van der Waals surface area contributed by atoms with E-state index in [1.165, 1.54) is 12.1 Å². The molecule has 34 heavy (non-hydrogen) atoms. The van der Waals surface area contributed by atoms with Gasteiger partial charge in [-0.25, -0.2) is 4.39 Å². The van der Waals surface area contributed by atoms with Gasteiger partial charge >= 0.3 is 0 Å². The number of hydrogen-bond acceptors (Lipinski definition) is 5. The van der Waals surface area contributed by atoms with Crippen LogP contribution in [0.25, 0.3) is 0 Å². The van der Waals surface area contributed by atoms with Crippen molar-refractivity contribution in [3.05, 3.63) is 84.2 Å². The monoisotopic (exact) mass is 461 g/mol. The van der Waals surface area contributed by atoms with Crippen LogP contribution in [0.3, 0.4) is 0 Å². The van der Waals surface area contributed by atoms with Crippen molar-refractivity contribution in [3.63, 3.8) is 0 Å². The lowest BCUT2D eigenvalue weighted by Crippen LogP contribution is -2.40. The summed E-state index contributed by atoms with van der Waals surface area (Å²) >= 11 is 0. The second-order valence-electron chi connectivity index (χ2n) is 8.72. The molecule has 7 nitrogen and oxygen atoms in total. The van der Waals surface area contributed by atoms with E-state index < -0.39 is 0 Å². The smallest absolute Gasteiger partial charge is 0.229 e. The van der Waals surface area contributed by atoms with Crippen LogP contribution in [0.1, 0.15) is 32.3 Å². The Morgan fingerprint density at radius 2 is 1.74 bits per heavy atom. The largest absolute Gasteiger partial charge is 0.354 e. The van der Waals surface area contributed by atoms with Gasteiger partial charge in [-0.2, -0.15) is 0 Å². The Hall–Kier alpha value is -3.91. The Morgan fingerprint density at radius 3 is 2.41 bits per heavy atom. The lowest BCUT2D eigenvalue weighted by molar-refractivity contribution is -0.123. The molecule has 0 bridgehead atoms. The topological polar surface area (TPSA) is 99.5 Å². The number of nitrogens with two attached hydrogens (primary N) is 1. The fourth-order valence-electron chi connectivity index (χ4n) is 4.44. The van der Waals surface area contributed by atoms with Gasteiger partial charge < -0.3 is 21.0 Å². The number of rotatable bonds is 7. The molecule has 5 rings (SSSR count). The van der Waals surface area contributed by atoms with Crippen LogP contribution >= 0.6 is 0 Å². The number of hydrazine groups is 1. The van der Waals surface area contributed by atoms with Crippen LogP contribution in [0.5, 0.6) is 0 Å². The van der Waals surface area contributed by atoms with Crippen molar-refractivity contribution >= 4 is 34.6 Å². The summed E-state index contributed by atoms with van der Waals surface area (Å²) in [5, 5.41) is 6.32. The van der Waals surface area contributed by atoms with Crippen molar-refractivity contribution in [1.82, 2.24) is 5.32 Å². The van der Waals surface area contributed by atoms with E-state index in [2.05, 4.69) is 16.1 Å². The zero-order chi connectivity index (χ0) is 23.7. The summed E-state index contributed by atoms with van der Waals surface area (Å²) in [4.78, 5) is 27.5. The second-order valence-corrected chi connectivity index (χ2v) is 8.72. The van der Waals surface area contributed by atoms with E-state index in [-0.39, 0.29) is 43.5 Å². The fourth-order valence-corrected chi connectivity index (χ4v) is 4.44. The van der Waals surface area contributed by atoms with Gasteiger partial charge in [0.15, 0.2) is 0 Å². The highest BCUT2D eigenvalue weighted by atomic mass is 19.1. The maximum atomic E-state index is 13.2. The maximum Gasteiger partial charge on any atom is 0.229 e. The molecule has 1 aliphatic carbocycles. The van der Waals surface area contributed by atoms with Crippen molar-refractivity contribution in [2.24, 2.45) is 11.8 Å². The van der Waals surface area contributed by atoms with E-state index in [1.54, 1.807) is 23.1 Å². The number of halogens is 1. The van der Waals surface area contributed by atoms with Gasteiger partial charge in [0.05, 0.1) is 23.5 Å². The van der Waals surface area contributed by atoms with Crippen LogP contribution in [0.2, 0.25) is 0 Å². The minimum absolute atomic E-state index is 0. The standard InChI is InChI=1S/C26H26FN5O2.H2/c27-18-8-10-19(11-9-18)29-21-13-12-20(14-22(21)31-28)32-24(33)15-23(30-26(34)17-6-7-17)25(32)16-4-2-1-3-5-16;/h1-5,8-14,17,23,25,29,31H,6-7,15,28H2,(H,30,34);1H/t23-,25+;/m0./s1. The van der Waals surface area contributed by atoms with Gasteiger partial charge in [-0.1, -0.05) is 30.3 Å². The number of carbonyl (C=O) groups excluding carboxylic acids is 2. The predicted molar refractivity (Wildman–Crippen MR) is 132 cm³/mol. The van der Waals surface area contributed by atoms with Crippen molar-refractivity contribution in [3.8, 4) is 0 Å². The third kappa shape index (κ3) is 4.45. The first-order valence-corrected chi connectivity index (χ1v) is 11.3. The summed E-state index contributed by atoms with van der Waals surface area (Å²) in [5.41, 5.74) is 6.26. The zero-order valence-corrected chi connectivity index (χ0v) is 18.5. The number of hydrogen-bond donors (Lipinski definition) is 4. The van der Waals surface area contributed by atoms with Crippen molar-refractivity contribution < 1.29 is 15.4 Å². The van der Waals surface area contributed by atoms with Crippen LogP contribution in [0.15, 0.2) is 72.8 Å². The molecule has 3 aromatic rings. The minimum Gasteiger partial charge on any atom is -0.354 e. The summed E-state index contributed by atoms with van der Waals surface area (Å²) in [6.07, 6.45) is 2.03. The minimum atomic E-state index is -0.335. The Morgan fingerprint density at radius 1 is 1.00 bits per heavy atom.